The van der Waals surface area contributed by atoms with Gasteiger partial charge in [-0.15, -0.1) is 0 Å². The lowest BCUT2D eigenvalue weighted by Crippen LogP contribution is -2.30. The molecule has 116 valence electrons. The highest BCUT2D eigenvalue weighted by Gasteiger charge is 2.19. The highest BCUT2D eigenvalue weighted by atomic mass is 16.5. The Hall–Kier alpha value is -2.72. The van der Waals surface area contributed by atoms with E-state index in [1.165, 1.54) is 0 Å². The van der Waals surface area contributed by atoms with Crippen molar-refractivity contribution in [3.05, 3.63) is 78.0 Å². The van der Waals surface area contributed by atoms with E-state index in [1.54, 1.807) is 13.3 Å². The van der Waals surface area contributed by atoms with Gasteiger partial charge in [-0.1, -0.05) is 48.5 Å². The van der Waals surface area contributed by atoms with Crippen LogP contribution in [-0.2, 0) is 16.1 Å². The van der Waals surface area contributed by atoms with Crippen LogP contribution in [0.5, 0.6) is 0 Å². The van der Waals surface area contributed by atoms with Crippen LogP contribution in [0.4, 0.5) is 0 Å². The van der Waals surface area contributed by atoms with E-state index in [-0.39, 0.29) is 5.91 Å². The number of pyridine rings is 1. The number of rotatable bonds is 5. The number of para-hydroxylation sites is 1. The molecule has 1 heterocycles. The maximum absolute atomic E-state index is 12.4. The molecule has 4 nitrogen and oxygen atoms in total. The number of methoxy groups -OCH3 is 1. The third kappa shape index (κ3) is 3.38. The number of benzene rings is 2. The van der Waals surface area contributed by atoms with E-state index in [0.29, 0.717) is 6.54 Å². The first-order chi connectivity index (χ1) is 11.3. The standard InChI is InChI=1S/C19H18N2O2/c1-23-18(14-7-3-2-4-8-14)19(22)21-13-15-11-12-20-17-10-6-5-9-16(15)17/h2-12,18H,13H2,1H3,(H,21,22). The monoisotopic (exact) mass is 306 g/mol. The van der Waals surface area contributed by atoms with Crippen LogP contribution in [0.3, 0.4) is 0 Å². The highest BCUT2D eigenvalue weighted by molar-refractivity contribution is 5.84. The molecule has 0 saturated carbocycles. The number of nitrogens with zero attached hydrogens (tertiary/aromatic N) is 1. The number of hydrogen-bond donors (Lipinski definition) is 1. The van der Waals surface area contributed by atoms with E-state index in [0.717, 1.165) is 22.0 Å². The zero-order valence-electron chi connectivity index (χ0n) is 12.9. The molecule has 0 aliphatic heterocycles. The minimum Gasteiger partial charge on any atom is -0.367 e. The molecular formula is C19H18N2O2. The zero-order valence-corrected chi connectivity index (χ0v) is 12.9. The van der Waals surface area contributed by atoms with Crippen molar-refractivity contribution in [1.29, 1.82) is 0 Å². The first kappa shape index (κ1) is 15.2. The van der Waals surface area contributed by atoms with Crippen molar-refractivity contribution in [2.24, 2.45) is 0 Å². The van der Waals surface area contributed by atoms with Gasteiger partial charge in [-0.05, 0) is 23.3 Å². The fourth-order valence-corrected chi connectivity index (χ4v) is 2.61. The molecule has 1 aromatic heterocycles. The summed E-state index contributed by atoms with van der Waals surface area (Å²) in [6.07, 6.45) is 1.15. The summed E-state index contributed by atoms with van der Waals surface area (Å²) in [5.74, 6) is -0.153. The van der Waals surface area contributed by atoms with E-state index >= 15 is 0 Å². The van der Waals surface area contributed by atoms with Gasteiger partial charge in [0.15, 0.2) is 6.10 Å². The second-order valence-electron chi connectivity index (χ2n) is 5.23. The Morgan fingerprint density at radius 1 is 1.09 bits per heavy atom. The Bertz CT molecular complexity index is 797. The maximum atomic E-state index is 12.4. The molecule has 0 aliphatic rings. The Kier molecular flexibility index (Phi) is 4.64. The summed E-state index contributed by atoms with van der Waals surface area (Å²) in [5.41, 5.74) is 2.80. The number of hydrogen-bond acceptors (Lipinski definition) is 3. The molecule has 0 radical (unpaired) electrons. The summed E-state index contributed by atoms with van der Waals surface area (Å²) in [7, 11) is 1.54. The number of carbonyl (C=O) groups is 1. The molecule has 0 aliphatic carbocycles. The molecule has 1 atom stereocenters. The van der Waals surface area contributed by atoms with Gasteiger partial charge in [0.1, 0.15) is 0 Å². The maximum Gasteiger partial charge on any atom is 0.254 e. The molecule has 1 unspecified atom stereocenters. The van der Waals surface area contributed by atoms with Crippen LogP contribution in [-0.4, -0.2) is 18.0 Å². The fourth-order valence-electron chi connectivity index (χ4n) is 2.61. The van der Waals surface area contributed by atoms with Crippen molar-refractivity contribution in [3.8, 4) is 0 Å². The Balaban J connectivity index is 1.75. The van der Waals surface area contributed by atoms with Gasteiger partial charge < -0.3 is 10.1 Å². The summed E-state index contributed by atoms with van der Waals surface area (Å²) in [4.78, 5) is 16.8. The van der Waals surface area contributed by atoms with Crippen molar-refractivity contribution >= 4 is 16.8 Å². The van der Waals surface area contributed by atoms with E-state index in [4.69, 9.17) is 4.74 Å². The first-order valence-electron chi connectivity index (χ1n) is 7.47. The molecule has 0 bridgehead atoms. The highest BCUT2D eigenvalue weighted by Crippen LogP contribution is 2.18. The minimum atomic E-state index is -0.607. The lowest BCUT2D eigenvalue weighted by molar-refractivity contribution is -0.131. The predicted octanol–water partition coefficient (Wildman–Crippen LogP) is 3.24. The molecule has 3 rings (SSSR count). The van der Waals surface area contributed by atoms with Crippen LogP contribution in [0.2, 0.25) is 0 Å². The second kappa shape index (κ2) is 7.03. The zero-order chi connectivity index (χ0) is 16.1. The molecule has 1 N–H and O–H groups in total. The lowest BCUT2D eigenvalue weighted by Gasteiger charge is -2.16. The fraction of sp³-hybridized carbons (Fsp3) is 0.158. The van der Waals surface area contributed by atoms with Gasteiger partial charge in [0.25, 0.3) is 5.91 Å². The Morgan fingerprint density at radius 2 is 1.83 bits per heavy atom. The number of fused-ring (bicyclic) bond motifs is 1. The van der Waals surface area contributed by atoms with Gasteiger partial charge in [-0.3, -0.25) is 9.78 Å². The molecule has 0 fully saturated rings. The van der Waals surface area contributed by atoms with Crippen molar-refractivity contribution in [2.75, 3.05) is 7.11 Å². The third-order valence-electron chi connectivity index (χ3n) is 3.77. The minimum absolute atomic E-state index is 0.153. The van der Waals surface area contributed by atoms with Crippen molar-refractivity contribution in [1.82, 2.24) is 10.3 Å². The Morgan fingerprint density at radius 3 is 2.61 bits per heavy atom. The first-order valence-corrected chi connectivity index (χ1v) is 7.47. The van der Waals surface area contributed by atoms with E-state index in [2.05, 4.69) is 10.3 Å². The van der Waals surface area contributed by atoms with Gasteiger partial charge in [0, 0.05) is 25.2 Å². The van der Waals surface area contributed by atoms with Crippen molar-refractivity contribution in [2.45, 2.75) is 12.6 Å². The number of nitrogens with one attached hydrogen (secondary N) is 1. The number of amides is 1. The van der Waals surface area contributed by atoms with Gasteiger partial charge in [0.05, 0.1) is 5.52 Å². The van der Waals surface area contributed by atoms with Crippen LogP contribution in [0.1, 0.15) is 17.2 Å². The van der Waals surface area contributed by atoms with E-state index < -0.39 is 6.10 Å². The van der Waals surface area contributed by atoms with Gasteiger partial charge in [-0.25, -0.2) is 0 Å². The third-order valence-corrected chi connectivity index (χ3v) is 3.77. The number of carbonyl (C=O) groups excluding carboxylic acids is 1. The van der Waals surface area contributed by atoms with Gasteiger partial charge in [-0.2, -0.15) is 0 Å². The van der Waals surface area contributed by atoms with Gasteiger partial charge in [0.2, 0.25) is 0 Å². The average Bonchev–Trinajstić information content (AvgIpc) is 2.61. The quantitative estimate of drug-likeness (QED) is 0.787. The van der Waals surface area contributed by atoms with Crippen LogP contribution in [0.25, 0.3) is 10.9 Å². The summed E-state index contributed by atoms with van der Waals surface area (Å²) >= 11 is 0. The SMILES string of the molecule is COC(C(=O)NCc1ccnc2ccccc12)c1ccccc1. The smallest absolute Gasteiger partial charge is 0.254 e. The molecule has 23 heavy (non-hydrogen) atoms. The second-order valence-corrected chi connectivity index (χ2v) is 5.23. The molecule has 0 spiro atoms. The van der Waals surface area contributed by atoms with E-state index in [1.807, 2.05) is 60.7 Å². The number of ether oxygens (including phenoxy) is 1. The van der Waals surface area contributed by atoms with Crippen LogP contribution in [0, 0.1) is 0 Å². The van der Waals surface area contributed by atoms with Crippen molar-refractivity contribution < 1.29 is 9.53 Å². The largest absolute Gasteiger partial charge is 0.367 e. The number of aromatic nitrogens is 1. The van der Waals surface area contributed by atoms with Gasteiger partial charge >= 0.3 is 0 Å². The summed E-state index contributed by atoms with van der Waals surface area (Å²) in [6.45, 7) is 0.439. The summed E-state index contributed by atoms with van der Waals surface area (Å²) in [5, 5.41) is 3.99. The Labute approximate surface area is 135 Å². The molecule has 0 saturated heterocycles. The molecule has 3 aromatic rings. The molecule has 2 aromatic carbocycles. The van der Waals surface area contributed by atoms with Crippen LogP contribution in [0.15, 0.2) is 66.9 Å². The normalized spacial score (nSPS) is 12.0. The molecular weight excluding hydrogens is 288 g/mol. The van der Waals surface area contributed by atoms with Crippen LogP contribution < -0.4 is 5.32 Å². The molecule has 4 heteroatoms. The summed E-state index contributed by atoms with van der Waals surface area (Å²) < 4.78 is 5.35. The predicted molar refractivity (Wildman–Crippen MR) is 89.8 cm³/mol. The van der Waals surface area contributed by atoms with Crippen molar-refractivity contribution in [3.63, 3.8) is 0 Å². The topological polar surface area (TPSA) is 51.2 Å². The average molecular weight is 306 g/mol. The summed E-state index contributed by atoms with van der Waals surface area (Å²) in [6, 6.07) is 19.3. The van der Waals surface area contributed by atoms with E-state index in [9.17, 15) is 4.79 Å². The lowest BCUT2D eigenvalue weighted by atomic mass is 10.1. The molecule has 1 amide bonds. The van der Waals surface area contributed by atoms with Crippen LogP contribution >= 0.6 is 0 Å².